The summed E-state index contributed by atoms with van der Waals surface area (Å²) in [6.07, 6.45) is 2.27. The summed E-state index contributed by atoms with van der Waals surface area (Å²) in [5.41, 5.74) is 2.83. The van der Waals surface area contributed by atoms with Crippen molar-refractivity contribution in [3.8, 4) is 11.5 Å². The number of hydrogen-bond acceptors (Lipinski definition) is 4. The van der Waals surface area contributed by atoms with E-state index in [4.69, 9.17) is 14.2 Å². The van der Waals surface area contributed by atoms with Gasteiger partial charge < -0.3 is 24.8 Å². The van der Waals surface area contributed by atoms with E-state index in [2.05, 4.69) is 10.6 Å². The molecule has 2 N–H and O–H groups in total. The Morgan fingerprint density at radius 3 is 2.70 bits per heavy atom. The molecule has 2 amide bonds. The van der Waals surface area contributed by atoms with E-state index in [0.717, 1.165) is 36.3 Å². The van der Waals surface area contributed by atoms with E-state index in [9.17, 15) is 4.79 Å². The van der Waals surface area contributed by atoms with Crippen molar-refractivity contribution in [3.05, 3.63) is 53.6 Å². The minimum absolute atomic E-state index is 0.154. The Morgan fingerprint density at radius 1 is 1.19 bits per heavy atom. The Kier molecular flexibility index (Phi) is 6.54. The van der Waals surface area contributed by atoms with Crippen molar-refractivity contribution < 1.29 is 19.0 Å². The highest BCUT2D eigenvalue weighted by atomic mass is 16.5. The lowest BCUT2D eigenvalue weighted by Gasteiger charge is -2.15. The van der Waals surface area contributed by atoms with Gasteiger partial charge in [0.1, 0.15) is 6.61 Å². The number of amides is 2. The third-order valence-electron chi connectivity index (χ3n) is 4.44. The first-order chi connectivity index (χ1) is 13.1. The standard InChI is InChI=1S/C21H26N2O4/c1-15-5-8-17(9-6-15)23-21(24)22-13-16-7-10-19(20(12-16)25-2)27-14-18-4-3-11-26-18/h5-10,12,18H,3-4,11,13-14H2,1-2H3,(H2,22,23,24). The largest absolute Gasteiger partial charge is 0.493 e. The van der Waals surface area contributed by atoms with Crippen LogP contribution in [0.3, 0.4) is 0 Å². The lowest BCUT2D eigenvalue weighted by Crippen LogP contribution is -2.28. The zero-order valence-electron chi connectivity index (χ0n) is 15.8. The molecule has 3 rings (SSSR count). The highest BCUT2D eigenvalue weighted by Gasteiger charge is 2.17. The van der Waals surface area contributed by atoms with Crippen molar-refractivity contribution in [1.29, 1.82) is 0 Å². The molecular weight excluding hydrogens is 344 g/mol. The summed E-state index contributed by atoms with van der Waals surface area (Å²) in [6, 6.07) is 13.1. The van der Waals surface area contributed by atoms with Crippen molar-refractivity contribution in [2.75, 3.05) is 25.6 Å². The van der Waals surface area contributed by atoms with Crippen molar-refractivity contribution in [2.45, 2.75) is 32.4 Å². The minimum Gasteiger partial charge on any atom is -0.493 e. The van der Waals surface area contributed by atoms with Gasteiger partial charge in [-0.1, -0.05) is 23.8 Å². The molecule has 0 spiro atoms. The molecule has 6 nitrogen and oxygen atoms in total. The maximum atomic E-state index is 12.0. The van der Waals surface area contributed by atoms with Gasteiger partial charge in [-0.3, -0.25) is 0 Å². The summed E-state index contributed by atoms with van der Waals surface area (Å²) >= 11 is 0. The molecule has 1 aliphatic heterocycles. The zero-order valence-corrected chi connectivity index (χ0v) is 15.8. The van der Waals surface area contributed by atoms with Crippen LogP contribution in [-0.4, -0.2) is 32.5 Å². The summed E-state index contributed by atoms with van der Waals surface area (Å²) in [4.78, 5) is 12.0. The number of aryl methyl sites for hydroxylation is 1. The second-order valence-electron chi connectivity index (χ2n) is 6.60. The summed E-state index contributed by atoms with van der Waals surface area (Å²) in [5, 5.41) is 5.65. The molecule has 0 radical (unpaired) electrons. The van der Waals surface area contributed by atoms with Gasteiger partial charge in [-0.2, -0.15) is 0 Å². The Hall–Kier alpha value is -2.73. The number of urea groups is 1. The molecule has 1 saturated heterocycles. The van der Waals surface area contributed by atoms with Crippen LogP contribution in [-0.2, 0) is 11.3 Å². The molecule has 1 atom stereocenters. The third-order valence-corrected chi connectivity index (χ3v) is 4.44. The molecule has 0 saturated carbocycles. The van der Waals surface area contributed by atoms with E-state index in [1.807, 2.05) is 49.4 Å². The fourth-order valence-corrected chi connectivity index (χ4v) is 2.89. The molecule has 1 heterocycles. The topological polar surface area (TPSA) is 68.8 Å². The summed E-state index contributed by atoms with van der Waals surface area (Å²) in [6.45, 7) is 3.72. The molecule has 0 bridgehead atoms. The number of carbonyl (C=O) groups excluding carboxylic acids is 1. The van der Waals surface area contributed by atoms with Crippen LogP contribution in [0.4, 0.5) is 10.5 Å². The van der Waals surface area contributed by atoms with E-state index in [0.29, 0.717) is 24.7 Å². The first kappa shape index (κ1) is 19.0. The molecule has 27 heavy (non-hydrogen) atoms. The number of methoxy groups -OCH3 is 1. The Morgan fingerprint density at radius 2 is 2.00 bits per heavy atom. The molecule has 1 aliphatic rings. The number of carbonyl (C=O) groups is 1. The molecule has 1 unspecified atom stereocenters. The normalized spacial score (nSPS) is 16.0. The molecule has 0 aromatic heterocycles. The predicted molar refractivity (Wildman–Crippen MR) is 105 cm³/mol. The first-order valence-electron chi connectivity index (χ1n) is 9.17. The lowest BCUT2D eigenvalue weighted by molar-refractivity contribution is 0.0669. The Bertz CT molecular complexity index is 755. The molecular formula is C21H26N2O4. The lowest BCUT2D eigenvalue weighted by atomic mass is 10.2. The first-order valence-corrected chi connectivity index (χ1v) is 9.17. The van der Waals surface area contributed by atoms with E-state index >= 15 is 0 Å². The summed E-state index contributed by atoms with van der Waals surface area (Å²) in [5.74, 6) is 1.33. The number of hydrogen-bond donors (Lipinski definition) is 2. The maximum absolute atomic E-state index is 12.0. The highest BCUT2D eigenvalue weighted by molar-refractivity contribution is 5.89. The van der Waals surface area contributed by atoms with Crippen LogP contribution < -0.4 is 20.1 Å². The van der Waals surface area contributed by atoms with E-state index in [1.165, 1.54) is 0 Å². The fraction of sp³-hybridized carbons (Fsp3) is 0.381. The van der Waals surface area contributed by atoms with Crippen LogP contribution in [0.25, 0.3) is 0 Å². The van der Waals surface area contributed by atoms with Gasteiger partial charge in [0.2, 0.25) is 0 Å². The van der Waals surface area contributed by atoms with Crippen LogP contribution in [0.15, 0.2) is 42.5 Å². The second kappa shape index (κ2) is 9.28. The predicted octanol–water partition coefficient (Wildman–Crippen LogP) is 3.88. The van der Waals surface area contributed by atoms with Crippen LogP contribution in [0.5, 0.6) is 11.5 Å². The number of benzene rings is 2. The highest BCUT2D eigenvalue weighted by Crippen LogP contribution is 2.29. The van der Waals surface area contributed by atoms with Gasteiger partial charge in [0, 0.05) is 18.8 Å². The Labute approximate surface area is 159 Å². The van der Waals surface area contributed by atoms with Gasteiger partial charge >= 0.3 is 6.03 Å². The van der Waals surface area contributed by atoms with Crippen LogP contribution in [0.1, 0.15) is 24.0 Å². The van der Waals surface area contributed by atoms with Crippen molar-refractivity contribution >= 4 is 11.7 Å². The van der Waals surface area contributed by atoms with Crippen molar-refractivity contribution in [3.63, 3.8) is 0 Å². The van der Waals surface area contributed by atoms with Crippen LogP contribution in [0.2, 0.25) is 0 Å². The zero-order chi connectivity index (χ0) is 19.1. The number of rotatable bonds is 7. The average Bonchev–Trinajstić information content (AvgIpc) is 3.20. The minimum atomic E-state index is -0.253. The van der Waals surface area contributed by atoms with E-state index < -0.39 is 0 Å². The smallest absolute Gasteiger partial charge is 0.319 e. The summed E-state index contributed by atoms with van der Waals surface area (Å²) in [7, 11) is 1.61. The van der Waals surface area contributed by atoms with Crippen molar-refractivity contribution in [2.24, 2.45) is 0 Å². The monoisotopic (exact) mass is 370 g/mol. The average molecular weight is 370 g/mol. The quantitative estimate of drug-likeness (QED) is 0.776. The molecule has 2 aromatic rings. The van der Waals surface area contributed by atoms with Crippen LogP contribution >= 0.6 is 0 Å². The third kappa shape index (κ3) is 5.62. The second-order valence-corrected chi connectivity index (χ2v) is 6.60. The van der Waals surface area contributed by atoms with Gasteiger partial charge in [0.05, 0.1) is 13.2 Å². The van der Waals surface area contributed by atoms with E-state index in [-0.39, 0.29) is 12.1 Å². The molecule has 6 heteroatoms. The molecule has 144 valence electrons. The SMILES string of the molecule is COc1cc(CNC(=O)Nc2ccc(C)cc2)ccc1OCC1CCCO1. The molecule has 1 fully saturated rings. The molecule has 0 aliphatic carbocycles. The number of nitrogens with one attached hydrogen (secondary N) is 2. The van der Waals surface area contributed by atoms with Gasteiger partial charge in [0.25, 0.3) is 0 Å². The van der Waals surface area contributed by atoms with Gasteiger partial charge in [-0.25, -0.2) is 4.79 Å². The van der Waals surface area contributed by atoms with Crippen molar-refractivity contribution in [1.82, 2.24) is 5.32 Å². The Balaban J connectivity index is 1.51. The van der Waals surface area contributed by atoms with Gasteiger partial charge in [-0.05, 0) is 49.6 Å². The number of anilines is 1. The van der Waals surface area contributed by atoms with E-state index in [1.54, 1.807) is 7.11 Å². The van der Waals surface area contributed by atoms with Gasteiger partial charge in [-0.15, -0.1) is 0 Å². The van der Waals surface area contributed by atoms with Gasteiger partial charge in [0.15, 0.2) is 11.5 Å². The fourth-order valence-electron chi connectivity index (χ4n) is 2.89. The summed E-state index contributed by atoms with van der Waals surface area (Å²) < 4.78 is 16.8. The van der Waals surface area contributed by atoms with Crippen LogP contribution in [0, 0.1) is 6.92 Å². The maximum Gasteiger partial charge on any atom is 0.319 e. The number of ether oxygens (including phenoxy) is 3. The molecule has 2 aromatic carbocycles.